The first kappa shape index (κ1) is 11.9. The number of aromatic nitrogens is 1. The van der Waals surface area contributed by atoms with E-state index >= 15 is 0 Å². The molecule has 1 aromatic heterocycles. The topological polar surface area (TPSA) is 25.2 Å². The minimum atomic E-state index is -0.773. The van der Waals surface area contributed by atoms with Crippen LogP contribution >= 0.6 is 0 Å². The van der Waals surface area contributed by atoms with Crippen LogP contribution in [-0.4, -0.2) is 40.1 Å². The minimum absolute atomic E-state index is 0.773. The third-order valence-electron chi connectivity index (χ3n) is 3.59. The molecule has 1 atom stereocenters. The predicted octanol–water partition coefficient (Wildman–Crippen LogP) is 1.87. The smallest absolute Gasteiger partial charge is 0.0535 e. The van der Waals surface area contributed by atoms with Crippen LogP contribution in [0.4, 0.5) is 0 Å². The van der Waals surface area contributed by atoms with Crippen LogP contribution in [0, 0.1) is 0 Å². The Kier molecular flexibility index (Phi) is 2.99. The maximum absolute atomic E-state index is 11.8. The number of likely N-dealkylation sites (N-methyl/N-ethyl adjacent to an activating group) is 1. The van der Waals surface area contributed by atoms with E-state index in [4.69, 9.17) is 0 Å². The number of hydrogen-bond donors (Lipinski definition) is 0. The van der Waals surface area contributed by atoms with Crippen LogP contribution in [-0.2, 0) is 23.8 Å². The molecule has 18 heavy (non-hydrogen) atoms. The van der Waals surface area contributed by atoms with Gasteiger partial charge in [0.25, 0.3) is 0 Å². The first-order chi connectivity index (χ1) is 8.66. The SMILES string of the molecule is CN(C)CCn1ccc2c3c(ccc21)S(=O)CC3. The van der Waals surface area contributed by atoms with Gasteiger partial charge in [-0.1, -0.05) is 0 Å². The molecule has 1 aromatic carbocycles. The molecule has 3 nitrogen and oxygen atoms in total. The number of aryl methyl sites for hydroxylation is 1. The van der Waals surface area contributed by atoms with E-state index in [0.717, 1.165) is 30.2 Å². The second-order valence-corrected chi connectivity index (χ2v) is 6.63. The van der Waals surface area contributed by atoms with Gasteiger partial charge in [0, 0.05) is 40.8 Å². The van der Waals surface area contributed by atoms with Crippen molar-refractivity contribution in [1.29, 1.82) is 0 Å². The van der Waals surface area contributed by atoms with Gasteiger partial charge in [-0.15, -0.1) is 0 Å². The fourth-order valence-electron chi connectivity index (χ4n) is 2.59. The largest absolute Gasteiger partial charge is 0.346 e. The third-order valence-corrected chi connectivity index (χ3v) is 5.04. The van der Waals surface area contributed by atoms with Crippen molar-refractivity contribution in [2.24, 2.45) is 0 Å². The van der Waals surface area contributed by atoms with Gasteiger partial charge in [0.15, 0.2) is 0 Å². The van der Waals surface area contributed by atoms with Crippen molar-refractivity contribution in [2.75, 3.05) is 26.4 Å². The Hall–Kier alpha value is -1.13. The molecule has 96 valence electrons. The Balaban J connectivity index is 2.03. The molecule has 4 heteroatoms. The van der Waals surface area contributed by atoms with Gasteiger partial charge >= 0.3 is 0 Å². The van der Waals surface area contributed by atoms with E-state index in [1.165, 1.54) is 16.5 Å². The summed E-state index contributed by atoms with van der Waals surface area (Å²) >= 11 is 0. The molecule has 0 spiro atoms. The van der Waals surface area contributed by atoms with E-state index < -0.39 is 10.8 Å². The highest BCUT2D eigenvalue weighted by atomic mass is 32.2. The number of rotatable bonds is 3. The van der Waals surface area contributed by atoms with Gasteiger partial charge in [0.05, 0.1) is 10.8 Å². The molecule has 1 aliphatic heterocycles. The van der Waals surface area contributed by atoms with Gasteiger partial charge < -0.3 is 9.47 Å². The number of fused-ring (bicyclic) bond motifs is 3. The van der Waals surface area contributed by atoms with Crippen molar-refractivity contribution < 1.29 is 4.21 Å². The van der Waals surface area contributed by atoms with Crippen molar-refractivity contribution in [2.45, 2.75) is 17.9 Å². The van der Waals surface area contributed by atoms with Gasteiger partial charge in [-0.25, -0.2) is 0 Å². The summed E-state index contributed by atoms with van der Waals surface area (Å²) in [5, 5.41) is 1.29. The van der Waals surface area contributed by atoms with Crippen LogP contribution < -0.4 is 0 Å². The summed E-state index contributed by atoms with van der Waals surface area (Å²) < 4.78 is 14.1. The van der Waals surface area contributed by atoms with Gasteiger partial charge in [-0.2, -0.15) is 0 Å². The molecule has 0 bridgehead atoms. The molecule has 1 aliphatic rings. The summed E-state index contributed by atoms with van der Waals surface area (Å²) in [4.78, 5) is 3.24. The fourth-order valence-corrected chi connectivity index (χ4v) is 3.91. The second kappa shape index (κ2) is 4.52. The van der Waals surface area contributed by atoms with E-state index in [9.17, 15) is 4.21 Å². The van der Waals surface area contributed by atoms with Crippen LogP contribution in [0.15, 0.2) is 29.3 Å². The Morgan fingerprint density at radius 3 is 2.94 bits per heavy atom. The van der Waals surface area contributed by atoms with Crippen LogP contribution in [0.5, 0.6) is 0 Å². The average molecular weight is 262 g/mol. The molecule has 1 unspecified atom stereocenters. The number of benzene rings is 1. The summed E-state index contributed by atoms with van der Waals surface area (Å²) in [6.45, 7) is 2.03. The maximum Gasteiger partial charge on any atom is 0.0535 e. The highest BCUT2D eigenvalue weighted by molar-refractivity contribution is 7.85. The van der Waals surface area contributed by atoms with Crippen LogP contribution in [0.25, 0.3) is 10.9 Å². The highest BCUT2D eigenvalue weighted by Crippen LogP contribution is 2.31. The van der Waals surface area contributed by atoms with Gasteiger partial charge in [0.1, 0.15) is 0 Å². The van der Waals surface area contributed by atoms with Crippen LogP contribution in [0.1, 0.15) is 5.56 Å². The Bertz CT molecular complexity index is 616. The predicted molar refractivity (Wildman–Crippen MR) is 75.5 cm³/mol. The molecule has 0 saturated heterocycles. The number of nitrogens with zero attached hydrogens (tertiary/aromatic N) is 2. The lowest BCUT2D eigenvalue weighted by Crippen LogP contribution is -2.17. The molecular formula is C14H18N2OS. The summed E-state index contributed by atoms with van der Waals surface area (Å²) in [7, 11) is 3.41. The zero-order valence-electron chi connectivity index (χ0n) is 10.8. The van der Waals surface area contributed by atoms with Crippen molar-refractivity contribution in [1.82, 2.24) is 9.47 Å². The van der Waals surface area contributed by atoms with Crippen molar-refractivity contribution in [3.8, 4) is 0 Å². The molecule has 0 amide bonds. The fraction of sp³-hybridized carbons (Fsp3) is 0.429. The van der Waals surface area contributed by atoms with E-state index in [1.54, 1.807) is 0 Å². The van der Waals surface area contributed by atoms with E-state index in [1.807, 2.05) is 6.07 Å². The lowest BCUT2D eigenvalue weighted by molar-refractivity contribution is 0.387. The molecule has 2 heterocycles. The lowest BCUT2D eigenvalue weighted by Gasteiger charge is -2.11. The zero-order valence-corrected chi connectivity index (χ0v) is 11.7. The van der Waals surface area contributed by atoms with Crippen molar-refractivity contribution >= 4 is 21.7 Å². The first-order valence-corrected chi connectivity index (χ1v) is 7.62. The Morgan fingerprint density at radius 1 is 1.33 bits per heavy atom. The summed E-state index contributed by atoms with van der Waals surface area (Å²) in [5.74, 6) is 0.789. The van der Waals surface area contributed by atoms with E-state index in [2.05, 4.69) is 41.9 Å². The van der Waals surface area contributed by atoms with Gasteiger partial charge in [-0.3, -0.25) is 4.21 Å². The average Bonchev–Trinajstić information content (AvgIpc) is 2.90. The summed E-state index contributed by atoms with van der Waals surface area (Å²) in [5.41, 5.74) is 2.57. The zero-order chi connectivity index (χ0) is 12.7. The van der Waals surface area contributed by atoms with Gasteiger partial charge in [0.2, 0.25) is 0 Å². The molecule has 0 radical (unpaired) electrons. The van der Waals surface area contributed by atoms with Crippen LogP contribution in [0.3, 0.4) is 0 Å². The van der Waals surface area contributed by atoms with Gasteiger partial charge in [-0.05, 0) is 44.3 Å². The second-order valence-electron chi connectivity index (χ2n) is 5.09. The number of hydrogen-bond acceptors (Lipinski definition) is 2. The minimum Gasteiger partial charge on any atom is -0.346 e. The van der Waals surface area contributed by atoms with Crippen LogP contribution in [0.2, 0.25) is 0 Å². The Labute approximate surface area is 110 Å². The highest BCUT2D eigenvalue weighted by Gasteiger charge is 2.21. The summed E-state index contributed by atoms with van der Waals surface area (Å²) in [6.07, 6.45) is 3.10. The molecular weight excluding hydrogens is 244 g/mol. The molecule has 0 aliphatic carbocycles. The standard InChI is InChI=1S/C14H18N2OS/c1-15(2)8-9-16-7-5-11-12-6-10-18(17)14(12)4-3-13(11)16/h3-5,7H,6,8-10H2,1-2H3. The molecule has 0 fully saturated rings. The third kappa shape index (κ3) is 1.89. The first-order valence-electron chi connectivity index (χ1n) is 6.30. The Morgan fingerprint density at radius 2 is 2.17 bits per heavy atom. The molecule has 3 rings (SSSR count). The molecule has 0 N–H and O–H groups in total. The molecule has 0 saturated carbocycles. The molecule has 2 aromatic rings. The quantitative estimate of drug-likeness (QED) is 0.843. The maximum atomic E-state index is 11.8. The summed E-state index contributed by atoms with van der Waals surface area (Å²) in [6, 6.07) is 6.34. The van der Waals surface area contributed by atoms with Crippen molar-refractivity contribution in [3.63, 3.8) is 0 Å². The van der Waals surface area contributed by atoms with Crippen molar-refractivity contribution in [3.05, 3.63) is 30.0 Å². The van der Waals surface area contributed by atoms with E-state index in [0.29, 0.717) is 0 Å². The lowest BCUT2D eigenvalue weighted by atomic mass is 10.1. The monoisotopic (exact) mass is 262 g/mol. The normalized spacial score (nSPS) is 18.7. The van der Waals surface area contributed by atoms with E-state index in [-0.39, 0.29) is 0 Å².